The second-order valence-corrected chi connectivity index (χ2v) is 5.14. The van der Waals surface area contributed by atoms with Gasteiger partial charge in [0.15, 0.2) is 0 Å². The highest BCUT2D eigenvalue weighted by atomic mass is 14.8. The number of hydrogen-bond acceptors (Lipinski definition) is 1. The van der Waals surface area contributed by atoms with Crippen molar-refractivity contribution in [2.24, 2.45) is 4.99 Å². The lowest BCUT2D eigenvalue weighted by atomic mass is 10.1. The maximum Gasteiger partial charge on any atom is 0.0577 e. The highest BCUT2D eigenvalue weighted by molar-refractivity contribution is 6.08. The molecule has 2 aromatic carbocycles. The van der Waals surface area contributed by atoms with Gasteiger partial charge >= 0.3 is 0 Å². The van der Waals surface area contributed by atoms with Crippen LogP contribution in [-0.4, -0.2) is 11.8 Å². The zero-order chi connectivity index (χ0) is 14.9. The van der Waals surface area contributed by atoms with Crippen LogP contribution in [0.4, 0.5) is 0 Å². The molecule has 0 heterocycles. The van der Waals surface area contributed by atoms with Crippen LogP contribution in [0.15, 0.2) is 77.8 Å². The molecular weight excluding hydrogens is 254 g/mol. The molecule has 0 bridgehead atoms. The van der Waals surface area contributed by atoms with E-state index in [1.54, 1.807) is 0 Å². The fourth-order valence-electron chi connectivity index (χ4n) is 1.93. The second-order valence-electron chi connectivity index (χ2n) is 5.14. The van der Waals surface area contributed by atoms with E-state index >= 15 is 0 Å². The highest BCUT2D eigenvalue weighted by Gasteiger charge is 1.93. The monoisotopic (exact) mass is 275 g/mol. The number of rotatable bonds is 5. The van der Waals surface area contributed by atoms with Crippen molar-refractivity contribution >= 4 is 17.9 Å². The highest BCUT2D eigenvalue weighted by Crippen LogP contribution is 2.05. The van der Waals surface area contributed by atoms with Gasteiger partial charge in [0.1, 0.15) is 0 Å². The Morgan fingerprint density at radius 3 is 1.57 bits per heavy atom. The van der Waals surface area contributed by atoms with Gasteiger partial charge in [0, 0.05) is 6.04 Å². The molecule has 0 amide bonds. The lowest BCUT2D eigenvalue weighted by Crippen LogP contribution is -1.96. The van der Waals surface area contributed by atoms with E-state index in [1.807, 2.05) is 36.4 Å². The summed E-state index contributed by atoms with van der Waals surface area (Å²) in [6.45, 7) is 4.18. The molecule has 2 rings (SSSR count). The van der Waals surface area contributed by atoms with Crippen LogP contribution in [0, 0.1) is 0 Å². The van der Waals surface area contributed by atoms with Gasteiger partial charge in [-0.25, -0.2) is 0 Å². The fraction of sp³-hybridized carbons (Fsp3) is 0.150. The number of nitrogens with zero attached hydrogens (tertiary/aromatic N) is 1. The molecule has 0 radical (unpaired) electrons. The average molecular weight is 275 g/mol. The summed E-state index contributed by atoms with van der Waals surface area (Å²) < 4.78 is 0. The van der Waals surface area contributed by atoms with Gasteiger partial charge in [0.05, 0.1) is 5.71 Å². The quantitative estimate of drug-likeness (QED) is 0.660. The molecule has 1 heteroatoms. The molecule has 0 unspecified atom stereocenters. The van der Waals surface area contributed by atoms with E-state index in [9.17, 15) is 0 Å². The molecule has 0 aromatic heterocycles. The van der Waals surface area contributed by atoms with Gasteiger partial charge in [-0.3, -0.25) is 4.99 Å². The van der Waals surface area contributed by atoms with Gasteiger partial charge < -0.3 is 0 Å². The molecule has 0 aliphatic carbocycles. The molecule has 0 atom stereocenters. The molecule has 21 heavy (non-hydrogen) atoms. The Balaban J connectivity index is 2.16. The molecule has 0 spiro atoms. The van der Waals surface area contributed by atoms with E-state index < -0.39 is 0 Å². The summed E-state index contributed by atoms with van der Waals surface area (Å²) in [7, 11) is 0. The Morgan fingerprint density at radius 2 is 1.19 bits per heavy atom. The summed E-state index contributed by atoms with van der Waals surface area (Å²) in [4.78, 5) is 4.65. The SMILES string of the molecule is CC(C)N=C(/C=C/c1ccccc1)/C=C/c1ccccc1. The van der Waals surface area contributed by atoms with E-state index in [1.165, 1.54) is 11.1 Å². The predicted molar refractivity (Wildman–Crippen MR) is 93.5 cm³/mol. The zero-order valence-electron chi connectivity index (χ0n) is 12.6. The average Bonchev–Trinajstić information content (AvgIpc) is 2.51. The first-order chi connectivity index (χ1) is 10.2. The fourth-order valence-corrected chi connectivity index (χ4v) is 1.93. The topological polar surface area (TPSA) is 12.4 Å². The molecule has 0 aliphatic rings. The first kappa shape index (κ1) is 15.0. The lowest BCUT2D eigenvalue weighted by Gasteiger charge is -2.00. The van der Waals surface area contributed by atoms with Crippen LogP contribution in [0.5, 0.6) is 0 Å². The summed E-state index contributed by atoms with van der Waals surface area (Å²) in [5, 5.41) is 0. The van der Waals surface area contributed by atoms with Gasteiger partial charge in [-0.1, -0.05) is 72.8 Å². The first-order valence-electron chi connectivity index (χ1n) is 7.28. The zero-order valence-corrected chi connectivity index (χ0v) is 12.6. The largest absolute Gasteiger partial charge is 0.283 e. The standard InChI is InChI=1S/C20H21N/c1-17(2)21-20(15-13-18-9-5-3-6-10-18)16-14-19-11-7-4-8-12-19/h3-17H,1-2H3/b15-13+,16-14+. The summed E-state index contributed by atoms with van der Waals surface area (Å²) >= 11 is 0. The van der Waals surface area contributed by atoms with Gasteiger partial charge in [0.25, 0.3) is 0 Å². The minimum atomic E-state index is 0.279. The Labute approximate surface area is 127 Å². The minimum absolute atomic E-state index is 0.279. The second kappa shape index (κ2) is 8.01. The van der Waals surface area contributed by atoms with Crippen LogP contribution >= 0.6 is 0 Å². The predicted octanol–water partition coefficient (Wildman–Crippen LogP) is 5.26. The Morgan fingerprint density at radius 1 is 0.762 bits per heavy atom. The van der Waals surface area contributed by atoms with E-state index in [-0.39, 0.29) is 6.04 Å². The maximum absolute atomic E-state index is 4.65. The number of benzene rings is 2. The smallest absolute Gasteiger partial charge is 0.0577 e. The number of allylic oxidation sites excluding steroid dienone is 2. The molecule has 0 saturated heterocycles. The molecule has 106 valence electrons. The van der Waals surface area contributed by atoms with Crippen LogP contribution in [0.3, 0.4) is 0 Å². The first-order valence-corrected chi connectivity index (χ1v) is 7.28. The van der Waals surface area contributed by atoms with E-state index in [4.69, 9.17) is 0 Å². The van der Waals surface area contributed by atoms with Crippen molar-refractivity contribution in [3.63, 3.8) is 0 Å². The van der Waals surface area contributed by atoms with Gasteiger partial charge in [-0.2, -0.15) is 0 Å². The Kier molecular flexibility index (Phi) is 5.71. The summed E-state index contributed by atoms with van der Waals surface area (Å²) in [6, 6.07) is 20.8. The van der Waals surface area contributed by atoms with E-state index in [2.05, 4.69) is 67.4 Å². The third-order valence-electron chi connectivity index (χ3n) is 2.90. The van der Waals surface area contributed by atoms with Crippen molar-refractivity contribution in [3.8, 4) is 0 Å². The Bertz CT molecular complexity index is 568. The van der Waals surface area contributed by atoms with Crippen LogP contribution in [0.2, 0.25) is 0 Å². The molecule has 2 aromatic rings. The minimum Gasteiger partial charge on any atom is -0.283 e. The molecule has 0 saturated carbocycles. The van der Waals surface area contributed by atoms with Crippen molar-refractivity contribution in [2.45, 2.75) is 19.9 Å². The Hall–Kier alpha value is -2.41. The molecule has 0 N–H and O–H groups in total. The number of hydrogen-bond donors (Lipinski definition) is 0. The molecule has 0 fully saturated rings. The normalized spacial score (nSPS) is 11.4. The van der Waals surface area contributed by atoms with E-state index in [0.29, 0.717) is 0 Å². The lowest BCUT2D eigenvalue weighted by molar-refractivity contribution is 0.838. The third kappa shape index (κ3) is 5.62. The van der Waals surface area contributed by atoms with Gasteiger partial charge in [0.2, 0.25) is 0 Å². The van der Waals surface area contributed by atoms with Crippen molar-refractivity contribution in [2.75, 3.05) is 0 Å². The molecular formula is C20H21N. The summed E-state index contributed by atoms with van der Waals surface area (Å²) in [6.07, 6.45) is 8.32. The van der Waals surface area contributed by atoms with Gasteiger partial charge in [-0.15, -0.1) is 0 Å². The maximum atomic E-state index is 4.65. The summed E-state index contributed by atoms with van der Waals surface area (Å²) in [5.74, 6) is 0. The molecule has 1 nitrogen and oxygen atoms in total. The van der Waals surface area contributed by atoms with Gasteiger partial charge in [-0.05, 0) is 37.1 Å². The van der Waals surface area contributed by atoms with Crippen molar-refractivity contribution < 1.29 is 0 Å². The van der Waals surface area contributed by atoms with Crippen LogP contribution in [0.25, 0.3) is 12.2 Å². The van der Waals surface area contributed by atoms with E-state index in [0.717, 1.165) is 5.71 Å². The third-order valence-corrected chi connectivity index (χ3v) is 2.90. The van der Waals surface area contributed by atoms with Crippen molar-refractivity contribution in [1.82, 2.24) is 0 Å². The number of aliphatic imine (C=N–C) groups is 1. The van der Waals surface area contributed by atoms with Crippen LogP contribution < -0.4 is 0 Å². The van der Waals surface area contributed by atoms with Crippen molar-refractivity contribution in [1.29, 1.82) is 0 Å². The van der Waals surface area contributed by atoms with Crippen LogP contribution in [-0.2, 0) is 0 Å². The van der Waals surface area contributed by atoms with Crippen LogP contribution in [0.1, 0.15) is 25.0 Å². The van der Waals surface area contributed by atoms with Crippen molar-refractivity contribution in [3.05, 3.63) is 83.9 Å². The summed E-state index contributed by atoms with van der Waals surface area (Å²) in [5.41, 5.74) is 3.35. The molecule has 0 aliphatic heterocycles.